The molecule has 0 N–H and O–H groups in total. The summed E-state index contributed by atoms with van der Waals surface area (Å²) in [6.45, 7) is 2.72. The summed E-state index contributed by atoms with van der Waals surface area (Å²) in [5, 5.41) is 0. The minimum Gasteiger partial charge on any atom is -0.487 e. The van der Waals surface area contributed by atoms with E-state index in [9.17, 15) is 4.79 Å². The van der Waals surface area contributed by atoms with E-state index < -0.39 is 0 Å². The molecule has 0 radical (unpaired) electrons. The lowest BCUT2D eigenvalue weighted by molar-refractivity contribution is -0.140. The van der Waals surface area contributed by atoms with Gasteiger partial charge in [-0.3, -0.25) is 14.7 Å². The van der Waals surface area contributed by atoms with Gasteiger partial charge in [-0.25, -0.2) is 0 Å². The van der Waals surface area contributed by atoms with E-state index in [-0.39, 0.29) is 18.1 Å². The first-order valence-electron chi connectivity index (χ1n) is 12.0. The zero-order chi connectivity index (χ0) is 21.0. The molecular formula is C26H33N3O2. The number of aromatic nitrogens is 1. The highest BCUT2D eigenvalue weighted by Crippen LogP contribution is 2.40. The minimum absolute atomic E-state index is 0.145. The summed E-state index contributed by atoms with van der Waals surface area (Å²) >= 11 is 0. The Morgan fingerprint density at radius 2 is 1.61 bits per heavy atom. The molecule has 164 valence electrons. The van der Waals surface area contributed by atoms with Gasteiger partial charge in [-0.15, -0.1) is 0 Å². The maximum absolute atomic E-state index is 12.9. The molecular weight excluding hydrogens is 386 g/mol. The normalized spacial score (nSPS) is 25.7. The molecule has 5 nitrogen and oxygen atoms in total. The Balaban J connectivity index is 1.23. The molecule has 0 unspecified atom stereocenters. The van der Waals surface area contributed by atoms with Gasteiger partial charge in [-0.1, -0.05) is 37.5 Å². The van der Waals surface area contributed by atoms with Crippen molar-refractivity contribution in [2.75, 3.05) is 19.6 Å². The van der Waals surface area contributed by atoms with Crippen LogP contribution in [0, 0.1) is 5.92 Å². The van der Waals surface area contributed by atoms with Gasteiger partial charge >= 0.3 is 0 Å². The van der Waals surface area contributed by atoms with E-state index in [4.69, 9.17) is 4.74 Å². The Morgan fingerprint density at radius 3 is 2.32 bits per heavy atom. The number of para-hydroxylation sites is 1. The van der Waals surface area contributed by atoms with E-state index in [1.807, 2.05) is 42.7 Å². The van der Waals surface area contributed by atoms with Crippen LogP contribution in [0.3, 0.4) is 0 Å². The molecule has 2 saturated heterocycles. The van der Waals surface area contributed by atoms with Crippen molar-refractivity contribution in [1.29, 1.82) is 0 Å². The molecule has 2 aromatic rings. The summed E-state index contributed by atoms with van der Waals surface area (Å²) in [4.78, 5) is 21.9. The Hall–Kier alpha value is -2.40. The van der Waals surface area contributed by atoms with Gasteiger partial charge in [0.25, 0.3) is 0 Å². The average molecular weight is 420 g/mol. The Morgan fingerprint density at radius 1 is 0.903 bits per heavy atom. The predicted octanol–water partition coefficient (Wildman–Crippen LogP) is 4.46. The summed E-state index contributed by atoms with van der Waals surface area (Å²) in [5.41, 5.74) is 1.27. The first-order valence-corrected chi connectivity index (χ1v) is 12.0. The molecule has 5 heteroatoms. The molecule has 3 aliphatic rings. The standard InChI is InChI=1S/C26H33N3O2/c30-26(21-7-3-1-4-8-21)28-17-13-22(14-18-28)29-19-24(31-23-9-5-2-6-10-23)25(29)20-11-15-27-16-12-20/h2,5-6,9-12,15-16,21-22,24-25H,1,3-4,7-8,13-14,17-19H2/t24-,25-/m0/s1. The van der Waals surface area contributed by atoms with Gasteiger partial charge in [-0.2, -0.15) is 0 Å². The number of carbonyl (C=O) groups is 1. The molecule has 1 aromatic carbocycles. The van der Waals surface area contributed by atoms with Crippen LogP contribution in [0.25, 0.3) is 0 Å². The van der Waals surface area contributed by atoms with E-state index in [0.29, 0.717) is 11.9 Å². The number of piperidine rings is 1. The second-order valence-corrected chi connectivity index (χ2v) is 9.28. The summed E-state index contributed by atoms with van der Waals surface area (Å²) in [6, 6.07) is 15.1. The van der Waals surface area contributed by atoms with Gasteiger partial charge in [-0.05, 0) is 55.5 Å². The van der Waals surface area contributed by atoms with Gasteiger partial charge < -0.3 is 9.64 Å². The molecule has 3 heterocycles. The van der Waals surface area contributed by atoms with Gasteiger partial charge in [0.1, 0.15) is 11.9 Å². The number of amides is 1. The summed E-state index contributed by atoms with van der Waals surface area (Å²) in [5.74, 6) is 1.62. The Bertz CT molecular complexity index is 845. The smallest absolute Gasteiger partial charge is 0.225 e. The van der Waals surface area contributed by atoms with Crippen LogP contribution < -0.4 is 4.74 Å². The van der Waals surface area contributed by atoms with Crippen LogP contribution in [0.1, 0.15) is 56.6 Å². The van der Waals surface area contributed by atoms with Crippen molar-refractivity contribution in [3.8, 4) is 5.75 Å². The minimum atomic E-state index is 0.145. The fourth-order valence-electron chi connectivity index (χ4n) is 5.64. The Kier molecular flexibility index (Phi) is 6.21. The lowest BCUT2D eigenvalue weighted by Gasteiger charge is -2.53. The van der Waals surface area contributed by atoms with Gasteiger partial charge in [0.2, 0.25) is 5.91 Å². The highest BCUT2D eigenvalue weighted by atomic mass is 16.5. The number of pyridine rings is 1. The SMILES string of the molecule is O=C(C1CCCCC1)N1CCC(N2C[C@H](Oc3ccccc3)[C@@H]2c2ccncc2)CC1. The molecule has 0 bridgehead atoms. The van der Waals surface area contributed by atoms with Crippen molar-refractivity contribution >= 4 is 5.91 Å². The number of carbonyl (C=O) groups excluding carboxylic acids is 1. The quantitative estimate of drug-likeness (QED) is 0.718. The molecule has 2 atom stereocenters. The molecule has 1 saturated carbocycles. The number of benzene rings is 1. The van der Waals surface area contributed by atoms with Crippen LogP contribution in [-0.4, -0.2) is 52.5 Å². The fraction of sp³-hybridized carbons (Fsp3) is 0.538. The Labute approximate surface area is 185 Å². The summed E-state index contributed by atoms with van der Waals surface area (Å²) < 4.78 is 6.35. The number of rotatable bonds is 5. The van der Waals surface area contributed by atoms with Crippen molar-refractivity contribution < 1.29 is 9.53 Å². The lowest BCUT2D eigenvalue weighted by Crippen LogP contribution is -2.62. The summed E-state index contributed by atoms with van der Waals surface area (Å²) in [6.07, 6.45) is 11.9. The van der Waals surface area contributed by atoms with E-state index in [0.717, 1.165) is 51.1 Å². The van der Waals surface area contributed by atoms with E-state index >= 15 is 0 Å². The molecule has 5 rings (SSSR count). The monoisotopic (exact) mass is 419 g/mol. The van der Waals surface area contributed by atoms with Crippen molar-refractivity contribution in [2.24, 2.45) is 5.92 Å². The highest BCUT2D eigenvalue weighted by Gasteiger charge is 2.46. The van der Waals surface area contributed by atoms with Crippen LogP contribution >= 0.6 is 0 Å². The molecule has 3 fully saturated rings. The number of ether oxygens (including phenoxy) is 1. The van der Waals surface area contributed by atoms with E-state index in [1.54, 1.807) is 0 Å². The van der Waals surface area contributed by atoms with Crippen molar-refractivity contribution in [3.63, 3.8) is 0 Å². The van der Waals surface area contributed by atoms with Crippen molar-refractivity contribution in [1.82, 2.24) is 14.8 Å². The van der Waals surface area contributed by atoms with Crippen LogP contribution in [0.5, 0.6) is 5.75 Å². The van der Waals surface area contributed by atoms with Crippen LogP contribution in [0.4, 0.5) is 0 Å². The molecule has 31 heavy (non-hydrogen) atoms. The van der Waals surface area contributed by atoms with Crippen molar-refractivity contribution in [3.05, 3.63) is 60.4 Å². The molecule has 0 spiro atoms. The molecule has 1 amide bonds. The van der Waals surface area contributed by atoms with Crippen LogP contribution in [0.2, 0.25) is 0 Å². The second-order valence-electron chi connectivity index (χ2n) is 9.28. The second kappa shape index (κ2) is 9.39. The topological polar surface area (TPSA) is 45.7 Å². The number of hydrogen-bond donors (Lipinski definition) is 0. The third kappa shape index (κ3) is 4.47. The highest BCUT2D eigenvalue weighted by molar-refractivity contribution is 5.79. The van der Waals surface area contributed by atoms with Crippen LogP contribution in [0.15, 0.2) is 54.9 Å². The summed E-state index contributed by atoms with van der Waals surface area (Å²) in [7, 11) is 0. The largest absolute Gasteiger partial charge is 0.487 e. The number of nitrogens with zero attached hydrogens (tertiary/aromatic N) is 3. The fourth-order valence-corrected chi connectivity index (χ4v) is 5.64. The van der Waals surface area contributed by atoms with Gasteiger partial charge in [0.05, 0.1) is 6.04 Å². The molecule has 2 aliphatic heterocycles. The zero-order valence-electron chi connectivity index (χ0n) is 18.2. The zero-order valence-corrected chi connectivity index (χ0v) is 18.2. The first-order chi connectivity index (χ1) is 15.3. The average Bonchev–Trinajstić information content (AvgIpc) is 2.83. The van der Waals surface area contributed by atoms with E-state index in [1.165, 1.54) is 24.8 Å². The molecule has 1 aromatic heterocycles. The molecule has 1 aliphatic carbocycles. The maximum Gasteiger partial charge on any atom is 0.225 e. The van der Waals surface area contributed by atoms with Gasteiger partial charge in [0, 0.05) is 44.0 Å². The number of likely N-dealkylation sites (tertiary alicyclic amines) is 2. The third-order valence-electron chi connectivity index (χ3n) is 7.38. The predicted molar refractivity (Wildman–Crippen MR) is 121 cm³/mol. The van der Waals surface area contributed by atoms with Crippen molar-refractivity contribution in [2.45, 2.75) is 63.1 Å². The van der Waals surface area contributed by atoms with Crippen LogP contribution in [-0.2, 0) is 4.79 Å². The maximum atomic E-state index is 12.9. The lowest BCUT2D eigenvalue weighted by atomic mass is 9.86. The number of hydrogen-bond acceptors (Lipinski definition) is 4. The third-order valence-corrected chi connectivity index (χ3v) is 7.38. The van der Waals surface area contributed by atoms with Gasteiger partial charge in [0.15, 0.2) is 0 Å². The first kappa shape index (κ1) is 20.5. The van der Waals surface area contributed by atoms with E-state index in [2.05, 4.69) is 26.9 Å².